The van der Waals surface area contributed by atoms with Gasteiger partial charge < -0.3 is 9.64 Å². The third-order valence-electron chi connectivity index (χ3n) is 5.93. The predicted octanol–water partition coefficient (Wildman–Crippen LogP) is 2.66. The van der Waals surface area contributed by atoms with Crippen LogP contribution in [0.5, 0.6) is 0 Å². The summed E-state index contributed by atoms with van der Waals surface area (Å²) >= 11 is 1.61. The van der Waals surface area contributed by atoms with E-state index in [9.17, 15) is 13.2 Å². The maximum Gasteiger partial charge on any atom is 0.225 e. The Kier molecular flexibility index (Phi) is 5.98. The molecule has 2 saturated heterocycles. The minimum atomic E-state index is -3.20. The molecule has 2 fully saturated rings. The number of carbonyl (C=O) groups is 1. The van der Waals surface area contributed by atoms with Gasteiger partial charge in [0.05, 0.1) is 38.0 Å². The molecule has 2 aliphatic heterocycles. The molecule has 0 radical (unpaired) electrons. The van der Waals surface area contributed by atoms with E-state index < -0.39 is 15.6 Å². The summed E-state index contributed by atoms with van der Waals surface area (Å²) in [5.74, 6) is 0.0725. The van der Waals surface area contributed by atoms with E-state index in [1.807, 2.05) is 23.2 Å². The van der Waals surface area contributed by atoms with Gasteiger partial charge in [0, 0.05) is 29.7 Å². The molecule has 1 amide bonds. The summed E-state index contributed by atoms with van der Waals surface area (Å²) in [6.45, 7) is 4.30. The molecule has 1 spiro atoms. The first-order valence-electron chi connectivity index (χ1n) is 10.1. The largest absolute Gasteiger partial charge is 0.373 e. The minimum absolute atomic E-state index is 0.0725. The number of benzene rings is 1. The fourth-order valence-corrected chi connectivity index (χ4v) is 6.04. The highest BCUT2D eigenvalue weighted by Gasteiger charge is 2.42. The molecule has 162 valence electrons. The van der Waals surface area contributed by atoms with Crippen molar-refractivity contribution < 1.29 is 17.9 Å². The van der Waals surface area contributed by atoms with Gasteiger partial charge in [0.15, 0.2) is 0 Å². The average Bonchev–Trinajstić information content (AvgIpc) is 3.10. The number of aryl methyl sites for hydroxylation is 1. The molecule has 30 heavy (non-hydrogen) atoms. The maximum atomic E-state index is 12.7. The van der Waals surface area contributed by atoms with Gasteiger partial charge in [-0.25, -0.2) is 17.7 Å². The van der Waals surface area contributed by atoms with Gasteiger partial charge in [-0.05, 0) is 25.3 Å². The van der Waals surface area contributed by atoms with Gasteiger partial charge in [0.2, 0.25) is 15.9 Å². The van der Waals surface area contributed by atoms with Crippen LogP contribution in [-0.4, -0.2) is 66.6 Å². The van der Waals surface area contributed by atoms with E-state index in [1.54, 1.807) is 11.3 Å². The van der Waals surface area contributed by atoms with Crippen LogP contribution in [0.2, 0.25) is 0 Å². The zero-order valence-corrected chi connectivity index (χ0v) is 19.0. The molecule has 1 aromatic carbocycles. The average molecular weight is 450 g/mol. The van der Waals surface area contributed by atoms with E-state index in [-0.39, 0.29) is 5.91 Å². The van der Waals surface area contributed by atoms with Crippen molar-refractivity contribution in [1.29, 1.82) is 0 Å². The first-order valence-corrected chi connectivity index (χ1v) is 12.8. The van der Waals surface area contributed by atoms with E-state index in [0.29, 0.717) is 52.0 Å². The molecule has 2 aliphatic rings. The van der Waals surface area contributed by atoms with Gasteiger partial charge in [-0.3, -0.25) is 4.79 Å². The number of thiazole rings is 1. The Morgan fingerprint density at radius 2 is 1.97 bits per heavy atom. The molecule has 0 unspecified atom stereocenters. The molecule has 3 heterocycles. The van der Waals surface area contributed by atoms with E-state index >= 15 is 0 Å². The molecular weight excluding hydrogens is 422 g/mol. The van der Waals surface area contributed by atoms with Gasteiger partial charge >= 0.3 is 0 Å². The lowest BCUT2D eigenvalue weighted by Crippen LogP contribution is -2.52. The number of piperidine rings is 1. The van der Waals surface area contributed by atoms with Crippen molar-refractivity contribution in [3.05, 3.63) is 40.9 Å². The summed E-state index contributed by atoms with van der Waals surface area (Å²) in [7, 11) is -3.20. The number of sulfonamides is 1. The van der Waals surface area contributed by atoms with Crippen LogP contribution in [0.4, 0.5) is 0 Å². The second-order valence-electron chi connectivity index (χ2n) is 8.14. The summed E-state index contributed by atoms with van der Waals surface area (Å²) in [6.07, 6.45) is 4.64. The molecular formula is C21H27N3O4S2. The molecule has 0 saturated carbocycles. The highest BCUT2D eigenvalue weighted by Crippen LogP contribution is 2.33. The van der Waals surface area contributed by atoms with Crippen LogP contribution in [0.1, 0.15) is 29.7 Å². The van der Waals surface area contributed by atoms with Crippen LogP contribution in [0, 0.1) is 6.92 Å². The van der Waals surface area contributed by atoms with Crippen molar-refractivity contribution in [3.8, 4) is 10.6 Å². The smallest absolute Gasteiger partial charge is 0.225 e. The highest BCUT2D eigenvalue weighted by atomic mass is 32.2. The number of nitrogens with zero attached hydrogens (tertiary/aromatic N) is 3. The Morgan fingerprint density at radius 3 is 2.67 bits per heavy atom. The Morgan fingerprint density at radius 1 is 1.23 bits per heavy atom. The fraction of sp³-hybridized carbons (Fsp3) is 0.524. The standard InChI is InChI=1S/C21H27N3O4S2/c1-16-5-3-4-6-18(16)20-22-13-17(29-20)14-23-15-21(28-12-7-19(23)25)8-10-24(11-9-21)30(2,26)27/h3-6,13H,7-12,14-15H2,1-2H3. The SMILES string of the molecule is Cc1ccccc1-c1ncc(CN2CC3(CCN(S(C)(=O)=O)CC3)OCCC2=O)s1. The van der Waals surface area contributed by atoms with Crippen LogP contribution in [-0.2, 0) is 26.1 Å². The molecule has 0 N–H and O–H groups in total. The number of rotatable bonds is 4. The second-order valence-corrected chi connectivity index (χ2v) is 11.2. The van der Waals surface area contributed by atoms with Crippen LogP contribution in [0.25, 0.3) is 10.6 Å². The van der Waals surface area contributed by atoms with Crippen LogP contribution in [0.3, 0.4) is 0 Å². The number of hydrogen-bond donors (Lipinski definition) is 0. The summed E-state index contributed by atoms with van der Waals surface area (Å²) in [4.78, 5) is 20.2. The normalized spacial score (nSPS) is 20.5. The van der Waals surface area contributed by atoms with Gasteiger partial charge in [-0.1, -0.05) is 24.3 Å². The zero-order valence-electron chi connectivity index (χ0n) is 17.3. The van der Waals surface area contributed by atoms with Crippen molar-refractivity contribution in [3.63, 3.8) is 0 Å². The molecule has 2 aromatic rings. The van der Waals surface area contributed by atoms with Crippen molar-refractivity contribution in [2.75, 3.05) is 32.5 Å². The topological polar surface area (TPSA) is 79.8 Å². The lowest BCUT2D eigenvalue weighted by molar-refractivity contribution is -0.132. The third kappa shape index (κ3) is 4.59. The second kappa shape index (κ2) is 8.37. The van der Waals surface area contributed by atoms with Crippen molar-refractivity contribution in [2.24, 2.45) is 0 Å². The van der Waals surface area contributed by atoms with Gasteiger partial charge in [-0.15, -0.1) is 11.3 Å². The number of hydrogen-bond acceptors (Lipinski definition) is 6. The molecule has 9 heteroatoms. The van der Waals surface area contributed by atoms with Gasteiger partial charge in [-0.2, -0.15) is 0 Å². The van der Waals surface area contributed by atoms with E-state index in [1.165, 1.54) is 16.1 Å². The first kappa shape index (κ1) is 21.4. The van der Waals surface area contributed by atoms with Crippen LogP contribution >= 0.6 is 11.3 Å². The first-order chi connectivity index (χ1) is 14.3. The van der Waals surface area contributed by atoms with E-state index in [4.69, 9.17) is 4.74 Å². The van der Waals surface area contributed by atoms with E-state index in [2.05, 4.69) is 24.0 Å². The van der Waals surface area contributed by atoms with Gasteiger partial charge in [0.25, 0.3) is 0 Å². The van der Waals surface area contributed by atoms with E-state index in [0.717, 1.165) is 15.4 Å². The summed E-state index contributed by atoms with van der Waals surface area (Å²) in [6, 6.07) is 8.15. The Bertz CT molecular complexity index is 1030. The molecule has 0 atom stereocenters. The monoisotopic (exact) mass is 449 g/mol. The van der Waals surface area contributed by atoms with Crippen molar-refractivity contribution in [2.45, 2.75) is 38.3 Å². The Balaban J connectivity index is 1.49. The molecule has 0 aliphatic carbocycles. The minimum Gasteiger partial charge on any atom is -0.373 e. The third-order valence-corrected chi connectivity index (χ3v) is 8.25. The highest BCUT2D eigenvalue weighted by molar-refractivity contribution is 7.88. The van der Waals surface area contributed by atoms with Crippen molar-refractivity contribution >= 4 is 27.3 Å². The molecule has 1 aromatic heterocycles. The lowest BCUT2D eigenvalue weighted by Gasteiger charge is -2.41. The number of ether oxygens (including phenoxy) is 1. The Hall–Kier alpha value is -1.81. The number of carbonyl (C=O) groups excluding carboxylic acids is 1. The van der Waals surface area contributed by atoms with Crippen LogP contribution < -0.4 is 0 Å². The van der Waals surface area contributed by atoms with Gasteiger partial charge in [0.1, 0.15) is 5.01 Å². The van der Waals surface area contributed by atoms with Crippen LogP contribution in [0.15, 0.2) is 30.5 Å². The number of amides is 1. The quantitative estimate of drug-likeness (QED) is 0.717. The lowest BCUT2D eigenvalue weighted by atomic mass is 9.91. The number of aromatic nitrogens is 1. The molecule has 7 nitrogen and oxygen atoms in total. The molecule has 4 rings (SSSR count). The Labute approximate surface area is 181 Å². The summed E-state index contributed by atoms with van der Waals surface area (Å²) in [5, 5.41) is 0.956. The fourth-order valence-electron chi connectivity index (χ4n) is 4.17. The summed E-state index contributed by atoms with van der Waals surface area (Å²) < 4.78 is 31.3. The maximum absolute atomic E-state index is 12.7. The predicted molar refractivity (Wildman–Crippen MR) is 117 cm³/mol. The molecule has 0 bridgehead atoms. The van der Waals surface area contributed by atoms with Crippen molar-refractivity contribution in [1.82, 2.24) is 14.2 Å². The zero-order chi connectivity index (χ0) is 21.4. The summed E-state index contributed by atoms with van der Waals surface area (Å²) in [5.41, 5.74) is 1.81.